The topological polar surface area (TPSA) is 12.0 Å². The van der Waals surface area contributed by atoms with E-state index in [0.29, 0.717) is 6.04 Å². The first kappa shape index (κ1) is 8.47. The minimum Gasteiger partial charge on any atom is -0.382 e. The van der Waals surface area contributed by atoms with E-state index in [4.69, 9.17) is 0 Å². The number of para-hydroxylation sites is 1. The summed E-state index contributed by atoms with van der Waals surface area (Å²) in [6.07, 6.45) is 1.18. The Morgan fingerprint density at radius 1 is 1.36 bits per heavy atom. The average Bonchev–Trinajstić information content (AvgIpc) is 2.27. The van der Waals surface area contributed by atoms with Crippen molar-refractivity contribution in [1.82, 2.24) is 0 Å². The zero-order chi connectivity index (χ0) is 6.97. The number of hydrogen-bond acceptors (Lipinski definition) is 1. The van der Waals surface area contributed by atoms with Gasteiger partial charge in [0, 0.05) is 11.7 Å². The highest BCUT2D eigenvalue weighted by Crippen LogP contribution is 2.24. The Hall–Kier alpha value is -0.630. The van der Waals surface area contributed by atoms with Gasteiger partial charge in [-0.1, -0.05) is 18.2 Å². The lowest BCUT2D eigenvalue weighted by Gasteiger charge is -2.00. The van der Waals surface area contributed by atoms with Gasteiger partial charge in [-0.2, -0.15) is 13.5 Å². The van der Waals surface area contributed by atoms with Gasteiger partial charge in [0.1, 0.15) is 0 Å². The summed E-state index contributed by atoms with van der Waals surface area (Å²) in [7, 11) is 0. The third-order valence-electron chi connectivity index (χ3n) is 1.95. The van der Waals surface area contributed by atoms with Crippen LogP contribution >= 0.6 is 13.5 Å². The van der Waals surface area contributed by atoms with Gasteiger partial charge in [-0.3, -0.25) is 0 Å². The molecule has 60 valence electrons. The highest BCUT2D eigenvalue weighted by atomic mass is 32.1. The molecule has 0 fully saturated rings. The van der Waals surface area contributed by atoms with Crippen LogP contribution < -0.4 is 5.32 Å². The minimum atomic E-state index is 0. The molecule has 1 aromatic carbocycles. The summed E-state index contributed by atoms with van der Waals surface area (Å²) in [6, 6.07) is 9.12. The maximum Gasteiger partial charge on any atom is 0.0375 e. The van der Waals surface area contributed by atoms with Gasteiger partial charge >= 0.3 is 0 Å². The number of fused-ring (bicyclic) bond motifs is 1. The molecule has 1 aromatic rings. The molecule has 0 saturated heterocycles. The molecule has 1 aliphatic heterocycles. The van der Waals surface area contributed by atoms with Gasteiger partial charge in [-0.25, -0.2) is 0 Å². The summed E-state index contributed by atoms with van der Waals surface area (Å²) in [5, 5.41) is 3.40. The van der Waals surface area contributed by atoms with E-state index >= 15 is 0 Å². The molecular formula is C9H13NS. The van der Waals surface area contributed by atoms with Gasteiger partial charge in [0.05, 0.1) is 0 Å². The molecule has 1 nitrogen and oxygen atoms in total. The largest absolute Gasteiger partial charge is 0.382 e. The van der Waals surface area contributed by atoms with E-state index in [2.05, 4.69) is 36.5 Å². The van der Waals surface area contributed by atoms with Crippen molar-refractivity contribution in [3.63, 3.8) is 0 Å². The molecule has 1 heterocycles. The molecule has 0 spiro atoms. The Kier molecular flexibility index (Phi) is 2.45. The average molecular weight is 167 g/mol. The first-order valence-corrected chi connectivity index (χ1v) is 3.71. The quantitative estimate of drug-likeness (QED) is 0.624. The first-order valence-electron chi connectivity index (χ1n) is 3.71. The molecule has 1 atom stereocenters. The fourth-order valence-corrected chi connectivity index (χ4v) is 1.49. The second-order valence-corrected chi connectivity index (χ2v) is 2.91. The van der Waals surface area contributed by atoms with Gasteiger partial charge in [-0.05, 0) is 25.0 Å². The summed E-state index contributed by atoms with van der Waals surface area (Å²) in [5.41, 5.74) is 2.77. The molecule has 1 N–H and O–H groups in total. The maximum atomic E-state index is 3.40. The van der Waals surface area contributed by atoms with Gasteiger partial charge in [0.15, 0.2) is 0 Å². The Bertz CT molecular complexity index is 222. The van der Waals surface area contributed by atoms with E-state index in [0.717, 1.165) is 0 Å². The fraction of sp³-hybridized carbons (Fsp3) is 0.333. The van der Waals surface area contributed by atoms with E-state index in [1.165, 1.54) is 17.7 Å². The monoisotopic (exact) mass is 167 g/mol. The molecular weight excluding hydrogens is 154 g/mol. The molecule has 0 aliphatic carbocycles. The van der Waals surface area contributed by atoms with Crippen molar-refractivity contribution in [1.29, 1.82) is 0 Å². The van der Waals surface area contributed by atoms with E-state index in [-0.39, 0.29) is 13.5 Å². The van der Waals surface area contributed by atoms with Gasteiger partial charge in [0.2, 0.25) is 0 Å². The highest BCUT2D eigenvalue weighted by Gasteiger charge is 2.14. The zero-order valence-electron chi connectivity index (χ0n) is 6.59. The van der Waals surface area contributed by atoms with Crippen LogP contribution in [-0.2, 0) is 6.42 Å². The van der Waals surface area contributed by atoms with Crippen molar-refractivity contribution in [2.45, 2.75) is 19.4 Å². The molecule has 0 unspecified atom stereocenters. The van der Waals surface area contributed by atoms with Crippen molar-refractivity contribution in [3.05, 3.63) is 29.8 Å². The summed E-state index contributed by atoms with van der Waals surface area (Å²) in [5.74, 6) is 0. The lowest BCUT2D eigenvalue weighted by molar-refractivity contribution is 0.839. The smallest absolute Gasteiger partial charge is 0.0375 e. The van der Waals surface area contributed by atoms with E-state index in [9.17, 15) is 0 Å². The van der Waals surface area contributed by atoms with Crippen LogP contribution in [0.15, 0.2) is 24.3 Å². The third-order valence-corrected chi connectivity index (χ3v) is 1.95. The molecule has 0 bridgehead atoms. The van der Waals surface area contributed by atoms with E-state index in [1.807, 2.05) is 0 Å². The zero-order valence-corrected chi connectivity index (χ0v) is 7.59. The van der Waals surface area contributed by atoms with Crippen molar-refractivity contribution < 1.29 is 0 Å². The molecule has 2 rings (SSSR count). The van der Waals surface area contributed by atoms with Crippen LogP contribution in [0.5, 0.6) is 0 Å². The molecule has 0 aromatic heterocycles. The number of nitrogens with one attached hydrogen (secondary N) is 1. The summed E-state index contributed by atoms with van der Waals surface area (Å²) in [4.78, 5) is 0. The number of hydrogen-bond donors (Lipinski definition) is 1. The Balaban J connectivity index is 0.000000605. The Morgan fingerprint density at radius 2 is 2.09 bits per heavy atom. The molecule has 0 amide bonds. The SMILES string of the molecule is C[C@@H]1Cc2ccccc2N1.S. The normalized spacial score (nSPS) is 19.9. The van der Waals surface area contributed by atoms with E-state index < -0.39 is 0 Å². The summed E-state index contributed by atoms with van der Waals surface area (Å²) in [6.45, 7) is 2.21. The Labute approximate surface area is 74.3 Å². The summed E-state index contributed by atoms with van der Waals surface area (Å²) >= 11 is 0. The standard InChI is InChI=1S/C9H11N.H2S/c1-7-6-8-4-2-3-5-9(8)10-7;/h2-5,7,10H,6H2,1H3;1H2/t7-;/m1./s1. The molecule has 0 saturated carbocycles. The van der Waals surface area contributed by atoms with Gasteiger partial charge in [0.25, 0.3) is 0 Å². The second kappa shape index (κ2) is 3.18. The van der Waals surface area contributed by atoms with Crippen LogP contribution in [0.25, 0.3) is 0 Å². The lowest BCUT2D eigenvalue weighted by atomic mass is 10.1. The second-order valence-electron chi connectivity index (χ2n) is 2.91. The first-order chi connectivity index (χ1) is 4.86. The van der Waals surface area contributed by atoms with E-state index in [1.54, 1.807) is 0 Å². The van der Waals surface area contributed by atoms with Crippen LogP contribution in [0, 0.1) is 0 Å². The van der Waals surface area contributed by atoms with Crippen LogP contribution in [0.4, 0.5) is 5.69 Å². The van der Waals surface area contributed by atoms with Gasteiger partial charge < -0.3 is 5.32 Å². The minimum absolute atomic E-state index is 0. The van der Waals surface area contributed by atoms with Crippen LogP contribution in [0.1, 0.15) is 12.5 Å². The molecule has 2 heteroatoms. The van der Waals surface area contributed by atoms with Crippen molar-refractivity contribution in [2.24, 2.45) is 0 Å². The summed E-state index contributed by atoms with van der Waals surface area (Å²) < 4.78 is 0. The fourth-order valence-electron chi connectivity index (χ4n) is 1.49. The lowest BCUT2D eigenvalue weighted by Crippen LogP contribution is -2.08. The van der Waals surface area contributed by atoms with Crippen molar-refractivity contribution >= 4 is 19.2 Å². The highest BCUT2D eigenvalue weighted by molar-refractivity contribution is 7.59. The van der Waals surface area contributed by atoms with Crippen molar-refractivity contribution in [3.8, 4) is 0 Å². The van der Waals surface area contributed by atoms with Gasteiger partial charge in [-0.15, -0.1) is 0 Å². The number of anilines is 1. The number of rotatable bonds is 0. The predicted octanol–water partition coefficient (Wildman–Crippen LogP) is 2.16. The van der Waals surface area contributed by atoms with Crippen molar-refractivity contribution in [2.75, 3.05) is 5.32 Å². The maximum absolute atomic E-state index is 3.40. The van der Waals surface area contributed by atoms with Crippen LogP contribution in [-0.4, -0.2) is 6.04 Å². The van der Waals surface area contributed by atoms with Crippen LogP contribution in [0.2, 0.25) is 0 Å². The van der Waals surface area contributed by atoms with Crippen LogP contribution in [0.3, 0.4) is 0 Å². The molecule has 1 aliphatic rings. The molecule has 0 radical (unpaired) electrons. The Morgan fingerprint density at radius 3 is 2.82 bits per heavy atom. The predicted molar refractivity (Wildman–Crippen MR) is 53.6 cm³/mol. The number of benzene rings is 1. The molecule has 11 heavy (non-hydrogen) atoms. The third kappa shape index (κ3) is 1.51.